The maximum absolute atomic E-state index is 12.9. The van der Waals surface area contributed by atoms with E-state index in [9.17, 15) is 14.7 Å². The van der Waals surface area contributed by atoms with E-state index >= 15 is 0 Å². The second-order valence-electron chi connectivity index (χ2n) is 7.32. The summed E-state index contributed by atoms with van der Waals surface area (Å²) in [5.41, 5.74) is 3.92. The zero-order valence-electron chi connectivity index (χ0n) is 16.3. The van der Waals surface area contributed by atoms with Crippen molar-refractivity contribution in [1.82, 2.24) is 19.9 Å². The largest absolute Gasteiger partial charge is 0.481 e. The molecule has 7 nitrogen and oxygen atoms in total. The van der Waals surface area contributed by atoms with Gasteiger partial charge in [0.15, 0.2) is 5.69 Å². The molecule has 0 saturated carbocycles. The molecule has 1 aromatic heterocycles. The van der Waals surface area contributed by atoms with Crippen LogP contribution in [0.2, 0.25) is 0 Å². The SMILES string of the molecule is Cc1c(C(=O)N2CCC(C(=O)O)C2C)nnn1-c1ccc(-c2ccccc2)cc1. The van der Waals surface area contributed by atoms with E-state index in [-0.39, 0.29) is 17.6 Å². The topological polar surface area (TPSA) is 88.3 Å². The van der Waals surface area contributed by atoms with Crippen LogP contribution >= 0.6 is 0 Å². The van der Waals surface area contributed by atoms with E-state index in [0.717, 1.165) is 16.8 Å². The number of aromatic nitrogens is 3. The number of carboxylic acid groups (broad SMARTS) is 1. The van der Waals surface area contributed by atoms with Crippen LogP contribution in [0.3, 0.4) is 0 Å². The second kappa shape index (κ2) is 7.50. The molecule has 4 rings (SSSR count). The van der Waals surface area contributed by atoms with Crippen LogP contribution in [-0.4, -0.2) is 49.5 Å². The number of hydrogen-bond acceptors (Lipinski definition) is 4. The molecule has 2 aromatic carbocycles. The quantitative estimate of drug-likeness (QED) is 0.739. The zero-order valence-corrected chi connectivity index (χ0v) is 16.3. The summed E-state index contributed by atoms with van der Waals surface area (Å²) >= 11 is 0. The third kappa shape index (κ3) is 3.40. The number of hydrogen-bond donors (Lipinski definition) is 1. The van der Waals surface area contributed by atoms with Crippen LogP contribution in [-0.2, 0) is 4.79 Å². The van der Waals surface area contributed by atoms with Crippen molar-refractivity contribution in [3.63, 3.8) is 0 Å². The fraction of sp³-hybridized carbons (Fsp3) is 0.273. The lowest BCUT2D eigenvalue weighted by molar-refractivity contribution is -0.142. The molecule has 2 atom stereocenters. The minimum Gasteiger partial charge on any atom is -0.481 e. The van der Waals surface area contributed by atoms with Crippen molar-refractivity contribution in [2.24, 2.45) is 5.92 Å². The Morgan fingerprint density at radius 3 is 2.31 bits per heavy atom. The number of carbonyl (C=O) groups is 2. The molecule has 1 fully saturated rings. The van der Waals surface area contributed by atoms with Crippen molar-refractivity contribution in [2.75, 3.05) is 6.54 Å². The van der Waals surface area contributed by atoms with E-state index in [0.29, 0.717) is 18.7 Å². The van der Waals surface area contributed by atoms with Crippen molar-refractivity contribution >= 4 is 11.9 Å². The fourth-order valence-electron chi connectivity index (χ4n) is 3.89. The molecule has 1 amide bonds. The van der Waals surface area contributed by atoms with Gasteiger partial charge in [-0.3, -0.25) is 9.59 Å². The third-order valence-corrected chi connectivity index (χ3v) is 5.65. The number of carboxylic acids is 1. The van der Waals surface area contributed by atoms with Gasteiger partial charge >= 0.3 is 5.97 Å². The first-order valence-electron chi connectivity index (χ1n) is 9.59. The first-order chi connectivity index (χ1) is 14.0. The molecule has 0 spiro atoms. The highest BCUT2D eigenvalue weighted by Crippen LogP contribution is 2.27. The molecule has 0 aliphatic carbocycles. The van der Waals surface area contributed by atoms with Crippen LogP contribution in [0.1, 0.15) is 29.5 Å². The van der Waals surface area contributed by atoms with E-state index in [1.165, 1.54) is 0 Å². The summed E-state index contributed by atoms with van der Waals surface area (Å²) in [4.78, 5) is 25.9. The van der Waals surface area contributed by atoms with Gasteiger partial charge in [-0.25, -0.2) is 4.68 Å². The van der Waals surface area contributed by atoms with Gasteiger partial charge in [-0.1, -0.05) is 47.7 Å². The lowest BCUT2D eigenvalue weighted by Crippen LogP contribution is -2.38. The molecule has 3 aromatic rings. The monoisotopic (exact) mass is 390 g/mol. The maximum Gasteiger partial charge on any atom is 0.308 e. The average molecular weight is 390 g/mol. The summed E-state index contributed by atoms with van der Waals surface area (Å²) in [6, 6.07) is 17.6. The summed E-state index contributed by atoms with van der Waals surface area (Å²) in [5.74, 6) is -1.68. The van der Waals surface area contributed by atoms with E-state index in [1.54, 1.807) is 23.4 Å². The first-order valence-corrected chi connectivity index (χ1v) is 9.59. The lowest BCUT2D eigenvalue weighted by atomic mass is 10.0. The Labute approximate surface area is 168 Å². The zero-order chi connectivity index (χ0) is 20.5. The van der Waals surface area contributed by atoms with Crippen LogP contribution in [0.25, 0.3) is 16.8 Å². The van der Waals surface area contributed by atoms with Crippen molar-refractivity contribution in [1.29, 1.82) is 0 Å². The Balaban J connectivity index is 1.57. The number of likely N-dealkylation sites (tertiary alicyclic amines) is 1. The van der Waals surface area contributed by atoms with E-state index in [2.05, 4.69) is 10.3 Å². The maximum atomic E-state index is 12.9. The van der Waals surface area contributed by atoms with Gasteiger partial charge in [0.05, 0.1) is 17.3 Å². The normalized spacial score (nSPS) is 18.8. The molecule has 148 valence electrons. The van der Waals surface area contributed by atoms with Gasteiger partial charge in [-0.05, 0) is 43.5 Å². The van der Waals surface area contributed by atoms with Crippen LogP contribution in [0.4, 0.5) is 0 Å². The number of rotatable bonds is 4. The predicted molar refractivity (Wildman–Crippen MR) is 108 cm³/mol. The highest BCUT2D eigenvalue weighted by atomic mass is 16.4. The fourth-order valence-corrected chi connectivity index (χ4v) is 3.89. The minimum absolute atomic E-state index is 0.259. The average Bonchev–Trinajstić information content (AvgIpc) is 3.31. The summed E-state index contributed by atoms with van der Waals surface area (Å²) < 4.78 is 1.64. The molecule has 7 heteroatoms. The number of amides is 1. The highest BCUT2D eigenvalue weighted by Gasteiger charge is 2.39. The first kappa shape index (κ1) is 18.9. The van der Waals surface area contributed by atoms with E-state index < -0.39 is 11.9 Å². The van der Waals surface area contributed by atoms with Gasteiger partial charge in [0.2, 0.25) is 0 Å². The Bertz CT molecular complexity index is 1040. The Kier molecular flexibility index (Phi) is 4.88. The van der Waals surface area contributed by atoms with Crippen molar-refractivity contribution < 1.29 is 14.7 Å². The summed E-state index contributed by atoms with van der Waals surface area (Å²) in [6.45, 7) is 3.98. The van der Waals surface area contributed by atoms with Crippen molar-refractivity contribution in [3.05, 3.63) is 66.0 Å². The van der Waals surface area contributed by atoms with Gasteiger partial charge in [-0.15, -0.1) is 5.10 Å². The summed E-state index contributed by atoms with van der Waals surface area (Å²) in [7, 11) is 0. The molecule has 2 unspecified atom stereocenters. The molecule has 2 heterocycles. The number of benzene rings is 2. The van der Waals surface area contributed by atoms with Gasteiger partial charge in [0.25, 0.3) is 5.91 Å². The van der Waals surface area contributed by atoms with Crippen LogP contribution in [0.5, 0.6) is 0 Å². The molecule has 1 saturated heterocycles. The number of nitrogens with zero attached hydrogens (tertiary/aromatic N) is 4. The van der Waals surface area contributed by atoms with Crippen molar-refractivity contribution in [2.45, 2.75) is 26.3 Å². The lowest BCUT2D eigenvalue weighted by Gasteiger charge is -2.22. The van der Waals surface area contributed by atoms with Gasteiger partial charge in [-0.2, -0.15) is 0 Å². The smallest absolute Gasteiger partial charge is 0.308 e. The highest BCUT2D eigenvalue weighted by molar-refractivity contribution is 5.94. The number of carbonyl (C=O) groups excluding carboxylic acids is 1. The molecule has 0 bridgehead atoms. The second-order valence-corrected chi connectivity index (χ2v) is 7.32. The Morgan fingerprint density at radius 2 is 1.69 bits per heavy atom. The van der Waals surface area contributed by atoms with Crippen LogP contribution in [0.15, 0.2) is 54.6 Å². The molecule has 0 radical (unpaired) electrons. The summed E-state index contributed by atoms with van der Waals surface area (Å²) in [6.07, 6.45) is 0.455. The molecule has 1 aliphatic rings. The Hall–Kier alpha value is -3.48. The molecule has 1 aliphatic heterocycles. The number of aliphatic carboxylic acids is 1. The van der Waals surface area contributed by atoms with E-state index in [4.69, 9.17) is 0 Å². The van der Waals surface area contributed by atoms with E-state index in [1.807, 2.05) is 54.6 Å². The Morgan fingerprint density at radius 1 is 1.03 bits per heavy atom. The minimum atomic E-state index is -0.869. The molecule has 1 N–H and O–H groups in total. The molecular weight excluding hydrogens is 368 g/mol. The van der Waals surface area contributed by atoms with Gasteiger partial charge in [0.1, 0.15) is 0 Å². The van der Waals surface area contributed by atoms with Gasteiger partial charge in [0, 0.05) is 12.6 Å². The van der Waals surface area contributed by atoms with Gasteiger partial charge < -0.3 is 10.0 Å². The predicted octanol–water partition coefficient (Wildman–Crippen LogP) is 3.18. The molecule has 29 heavy (non-hydrogen) atoms. The third-order valence-electron chi connectivity index (χ3n) is 5.65. The summed E-state index contributed by atoms with van der Waals surface area (Å²) in [5, 5.41) is 17.6. The van der Waals surface area contributed by atoms with Crippen LogP contribution < -0.4 is 0 Å². The van der Waals surface area contributed by atoms with Crippen molar-refractivity contribution in [3.8, 4) is 16.8 Å². The van der Waals surface area contributed by atoms with Crippen LogP contribution in [0, 0.1) is 12.8 Å². The standard InChI is InChI=1S/C22H22N4O3/c1-14-19(22(28)29)12-13-25(14)21(27)20-15(2)26(24-23-20)18-10-8-17(9-11-18)16-6-4-3-5-7-16/h3-11,14,19H,12-13H2,1-2H3,(H,28,29). The molecular formula is C22H22N4O3.